The van der Waals surface area contributed by atoms with Gasteiger partial charge in [0.15, 0.2) is 0 Å². The highest BCUT2D eigenvalue weighted by Gasteiger charge is 2.45. The van der Waals surface area contributed by atoms with Gasteiger partial charge in [0.2, 0.25) is 0 Å². The summed E-state index contributed by atoms with van der Waals surface area (Å²) in [6.45, 7) is -0.552. The van der Waals surface area contributed by atoms with Crippen molar-refractivity contribution < 1.29 is 20.4 Å². The molecule has 0 aromatic carbocycles. The average Bonchev–Trinajstić information content (AvgIpc) is 2.27. The molecule has 4 nitrogen and oxygen atoms in total. The van der Waals surface area contributed by atoms with E-state index in [1.807, 2.05) is 0 Å². The lowest BCUT2D eigenvalue weighted by Crippen LogP contribution is -2.37. The Morgan fingerprint density at radius 2 is 1.73 bits per heavy atom. The van der Waals surface area contributed by atoms with E-state index in [4.69, 9.17) is 15.3 Å². The van der Waals surface area contributed by atoms with Crippen molar-refractivity contribution in [2.24, 2.45) is 5.41 Å². The Kier molecular flexibility index (Phi) is 2.49. The second-order valence-corrected chi connectivity index (χ2v) is 3.29. The van der Waals surface area contributed by atoms with Crippen LogP contribution in [0.3, 0.4) is 0 Å². The maximum atomic E-state index is 9.33. The van der Waals surface area contributed by atoms with E-state index < -0.39 is 17.6 Å². The summed E-state index contributed by atoms with van der Waals surface area (Å²) >= 11 is 0. The Hall–Kier alpha value is -0.160. The summed E-state index contributed by atoms with van der Waals surface area (Å²) < 4.78 is 0. The fourth-order valence-corrected chi connectivity index (χ4v) is 1.59. The van der Waals surface area contributed by atoms with E-state index in [0.29, 0.717) is 0 Å². The molecule has 4 heteroatoms. The number of rotatable bonds is 2. The first-order chi connectivity index (χ1) is 5.14. The number of hydrogen-bond acceptors (Lipinski definition) is 4. The van der Waals surface area contributed by atoms with Crippen molar-refractivity contribution in [1.29, 1.82) is 0 Å². The van der Waals surface area contributed by atoms with Crippen LogP contribution in [0.1, 0.15) is 12.8 Å². The Labute approximate surface area is 65.1 Å². The first kappa shape index (κ1) is 8.93. The first-order valence-corrected chi connectivity index (χ1v) is 3.72. The SMILES string of the molecule is OCC1(CO)C[C@@H](O)C[C@@H]1O. The normalized spacial score (nSPS) is 36.0. The molecule has 4 N–H and O–H groups in total. The summed E-state index contributed by atoms with van der Waals surface area (Å²) in [6.07, 6.45) is -0.848. The van der Waals surface area contributed by atoms with E-state index in [1.165, 1.54) is 0 Å². The summed E-state index contributed by atoms with van der Waals surface area (Å²) in [5, 5.41) is 36.2. The summed E-state index contributed by atoms with van der Waals surface area (Å²) in [4.78, 5) is 0. The van der Waals surface area contributed by atoms with E-state index >= 15 is 0 Å². The molecule has 0 radical (unpaired) electrons. The van der Waals surface area contributed by atoms with Crippen molar-refractivity contribution in [1.82, 2.24) is 0 Å². The molecule has 0 aromatic heterocycles. The van der Waals surface area contributed by atoms with Crippen LogP contribution in [-0.4, -0.2) is 45.8 Å². The van der Waals surface area contributed by atoms with Crippen LogP contribution in [-0.2, 0) is 0 Å². The van der Waals surface area contributed by atoms with Gasteiger partial charge in [-0.2, -0.15) is 0 Å². The van der Waals surface area contributed by atoms with Gasteiger partial charge in [-0.15, -0.1) is 0 Å². The lowest BCUT2D eigenvalue weighted by atomic mass is 9.86. The molecule has 66 valence electrons. The van der Waals surface area contributed by atoms with E-state index in [9.17, 15) is 5.11 Å². The van der Waals surface area contributed by atoms with Gasteiger partial charge in [0, 0.05) is 5.41 Å². The highest BCUT2D eigenvalue weighted by atomic mass is 16.3. The van der Waals surface area contributed by atoms with Gasteiger partial charge >= 0.3 is 0 Å². The van der Waals surface area contributed by atoms with Gasteiger partial charge in [0.25, 0.3) is 0 Å². The second-order valence-electron chi connectivity index (χ2n) is 3.29. The van der Waals surface area contributed by atoms with E-state index in [-0.39, 0.29) is 26.1 Å². The highest BCUT2D eigenvalue weighted by Crippen LogP contribution is 2.37. The molecule has 1 rings (SSSR count). The Morgan fingerprint density at radius 1 is 1.18 bits per heavy atom. The van der Waals surface area contributed by atoms with E-state index in [2.05, 4.69) is 0 Å². The highest BCUT2D eigenvalue weighted by molar-refractivity contribution is 4.95. The molecule has 0 unspecified atom stereocenters. The van der Waals surface area contributed by atoms with E-state index in [0.717, 1.165) is 0 Å². The minimum atomic E-state index is -0.876. The summed E-state index contributed by atoms with van der Waals surface area (Å²) in [5.41, 5.74) is -0.876. The maximum absolute atomic E-state index is 9.33. The molecule has 2 atom stereocenters. The van der Waals surface area contributed by atoms with Crippen molar-refractivity contribution in [2.45, 2.75) is 25.0 Å². The van der Waals surface area contributed by atoms with Gasteiger partial charge in [0.05, 0.1) is 25.4 Å². The molecule has 0 saturated heterocycles. The standard InChI is InChI=1S/C7H14O4/c8-3-7(4-9)2-5(10)1-6(7)11/h5-6,8-11H,1-4H2/t5-,6-/m0/s1. The third-order valence-electron chi connectivity index (χ3n) is 2.47. The topological polar surface area (TPSA) is 80.9 Å². The minimum Gasteiger partial charge on any atom is -0.396 e. The van der Waals surface area contributed by atoms with Crippen LogP contribution in [0.2, 0.25) is 0 Å². The zero-order chi connectivity index (χ0) is 8.48. The number of aliphatic hydroxyl groups excluding tert-OH is 4. The molecule has 0 heterocycles. The predicted molar refractivity (Wildman–Crippen MR) is 37.9 cm³/mol. The van der Waals surface area contributed by atoms with Crippen LogP contribution in [0.25, 0.3) is 0 Å². The van der Waals surface area contributed by atoms with Gasteiger partial charge in [-0.25, -0.2) is 0 Å². The molecule has 1 aliphatic carbocycles. The molecule has 1 saturated carbocycles. The molecular formula is C7H14O4. The van der Waals surface area contributed by atoms with Crippen molar-refractivity contribution in [3.63, 3.8) is 0 Å². The first-order valence-electron chi connectivity index (χ1n) is 3.72. The predicted octanol–water partition coefficient (Wildman–Crippen LogP) is -1.53. The monoisotopic (exact) mass is 162 g/mol. The fourth-order valence-electron chi connectivity index (χ4n) is 1.59. The van der Waals surface area contributed by atoms with Gasteiger partial charge in [-0.3, -0.25) is 0 Å². The third kappa shape index (κ3) is 1.39. The second kappa shape index (κ2) is 3.06. The lowest BCUT2D eigenvalue weighted by molar-refractivity contribution is -0.0322. The summed E-state index contributed by atoms with van der Waals surface area (Å²) in [7, 11) is 0. The van der Waals surface area contributed by atoms with E-state index in [1.54, 1.807) is 0 Å². The van der Waals surface area contributed by atoms with Crippen LogP contribution in [0.5, 0.6) is 0 Å². The minimum absolute atomic E-state index is 0.251. The molecule has 0 bridgehead atoms. The van der Waals surface area contributed by atoms with Crippen LogP contribution in [0.15, 0.2) is 0 Å². The van der Waals surface area contributed by atoms with Crippen molar-refractivity contribution >= 4 is 0 Å². The van der Waals surface area contributed by atoms with Crippen LogP contribution in [0.4, 0.5) is 0 Å². The quantitative estimate of drug-likeness (QED) is 0.397. The lowest BCUT2D eigenvalue weighted by Gasteiger charge is -2.27. The number of aliphatic hydroxyl groups is 4. The fraction of sp³-hybridized carbons (Fsp3) is 1.00. The summed E-state index contributed by atoms with van der Waals surface area (Å²) in [5.74, 6) is 0. The van der Waals surface area contributed by atoms with Crippen molar-refractivity contribution in [2.75, 3.05) is 13.2 Å². The van der Waals surface area contributed by atoms with Crippen molar-refractivity contribution in [3.05, 3.63) is 0 Å². The zero-order valence-corrected chi connectivity index (χ0v) is 6.27. The van der Waals surface area contributed by atoms with Crippen LogP contribution in [0, 0.1) is 5.41 Å². The number of hydrogen-bond donors (Lipinski definition) is 4. The van der Waals surface area contributed by atoms with Gasteiger partial charge in [-0.1, -0.05) is 0 Å². The Morgan fingerprint density at radius 3 is 1.91 bits per heavy atom. The smallest absolute Gasteiger partial charge is 0.0666 e. The average molecular weight is 162 g/mol. The summed E-state index contributed by atoms with van der Waals surface area (Å²) in [6, 6.07) is 0. The van der Waals surface area contributed by atoms with Crippen LogP contribution >= 0.6 is 0 Å². The van der Waals surface area contributed by atoms with Gasteiger partial charge in [0.1, 0.15) is 0 Å². The van der Waals surface area contributed by atoms with Crippen molar-refractivity contribution in [3.8, 4) is 0 Å². The molecule has 0 amide bonds. The molecule has 0 aliphatic heterocycles. The Bertz CT molecular complexity index is 132. The Balaban J connectivity index is 2.67. The van der Waals surface area contributed by atoms with Gasteiger partial charge in [-0.05, 0) is 12.8 Å². The third-order valence-corrected chi connectivity index (χ3v) is 2.47. The van der Waals surface area contributed by atoms with Gasteiger partial charge < -0.3 is 20.4 Å². The molecule has 0 spiro atoms. The maximum Gasteiger partial charge on any atom is 0.0666 e. The van der Waals surface area contributed by atoms with Crippen LogP contribution < -0.4 is 0 Å². The molecule has 0 aromatic rings. The largest absolute Gasteiger partial charge is 0.396 e. The molecule has 1 aliphatic rings. The molecule has 1 fully saturated rings. The zero-order valence-electron chi connectivity index (χ0n) is 6.27. The molecule has 11 heavy (non-hydrogen) atoms. The molecular weight excluding hydrogens is 148 g/mol.